The summed E-state index contributed by atoms with van der Waals surface area (Å²) in [6, 6.07) is 14.2. The second kappa shape index (κ2) is 6.96. The molecule has 0 saturated carbocycles. The summed E-state index contributed by atoms with van der Waals surface area (Å²) < 4.78 is 0. The summed E-state index contributed by atoms with van der Waals surface area (Å²) in [5.41, 5.74) is 3.72. The number of hydrogen-bond acceptors (Lipinski definition) is 4. The molecule has 0 atom stereocenters. The lowest BCUT2D eigenvalue weighted by Gasteiger charge is -2.32. The predicted octanol–water partition coefficient (Wildman–Crippen LogP) is 3.97. The first-order chi connectivity index (χ1) is 13.8. The van der Waals surface area contributed by atoms with E-state index in [2.05, 4.69) is 37.3 Å². The molecule has 1 aromatic carbocycles. The highest BCUT2D eigenvalue weighted by Crippen LogP contribution is 2.27. The molecule has 0 spiro atoms. The molecule has 5 rings (SSSR count). The molecule has 28 heavy (non-hydrogen) atoms. The minimum atomic E-state index is 0.0197. The van der Waals surface area contributed by atoms with Gasteiger partial charge in [-0.2, -0.15) is 0 Å². The van der Waals surface area contributed by atoms with E-state index in [1.807, 2.05) is 42.7 Å². The highest BCUT2D eigenvalue weighted by Gasteiger charge is 2.26. The number of fused-ring (bicyclic) bond motifs is 2. The lowest BCUT2D eigenvalue weighted by molar-refractivity contribution is -0.120. The van der Waals surface area contributed by atoms with Crippen LogP contribution in [-0.2, 0) is 4.79 Å². The van der Waals surface area contributed by atoms with Gasteiger partial charge in [0.15, 0.2) is 0 Å². The largest absolute Gasteiger partial charge is 0.370 e. The van der Waals surface area contributed by atoms with Crippen molar-refractivity contribution < 1.29 is 4.79 Å². The molecular formula is C22H21N5O. The van der Waals surface area contributed by atoms with E-state index in [0.29, 0.717) is 0 Å². The van der Waals surface area contributed by atoms with Crippen molar-refractivity contribution >= 4 is 39.2 Å². The summed E-state index contributed by atoms with van der Waals surface area (Å²) in [5.74, 6) is 0.104. The maximum Gasteiger partial charge on any atom is 0.227 e. The third kappa shape index (κ3) is 3.07. The molecule has 3 aromatic heterocycles. The Morgan fingerprint density at radius 3 is 2.86 bits per heavy atom. The van der Waals surface area contributed by atoms with Crippen LogP contribution in [0.4, 0.5) is 11.4 Å². The summed E-state index contributed by atoms with van der Waals surface area (Å²) in [6.07, 6.45) is 7.15. The fraction of sp³-hybridized carbons (Fsp3) is 0.227. The van der Waals surface area contributed by atoms with E-state index in [1.165, 1.54) is 0 Å². The molecule has 2 N–H and O–H groups in total. The molecule has 0 aliphatic carbocycles. The average molecular weight is 371 g/mol. The topological polar surface area (TPSA) is 73.9 Å². The van der Waals surface area contributed by atoms with Crippen LogP contribution in [0.1, 0.15) is 12.8 Å². The number of amides is 1. The number of pyridine rings is 2. The number of para-hydroxylation sites is 1. The van der Waals surface area contributed by atoms with Crippen molar-refractivity contribution in [3.63, 3.8) is 0 Å². The van der Waals surface area contributed by atoms with Crippen molar-refractivity contribution in [1.29, 1.82) is 0 Å². The van der Waals surface area contributed by atoms with E-state index in [-0.39, 0.29) is 11.8 Å². The van der Waals surface area contributed by atoms with E-state index in [1.54, 1.807) is 6.20 Å². The molecule has 0 unspecified atom stereocenters. The fourth-order valence-corrected chi connectivity index (χ4v) is 3.93. The Kier molecular flexibility index (Phi) is 4.16. The van der Waals surface area contributed by atoms with Crippen molar-refractivity contribution in [2.24, 2.45) is 5.92 Å². The van der Waals surface area contributed by atoms with Crippen LogP contribution in [0.25, 0.3) is 21.9 Å². The Morgan fingerprint density at radius 1 is 1.11 bits per heavy atom. The second-order valence-corrected chi connectivity index (χ2v) is 7.24. The second-order valence-electron chi connectivity index (χ2n) is 7.24. The molecule has 4 aromatic rings. The summed E-state index contributed by atoms with van der Waals surface area (Å²) in [7, 11) is 0. The zero-order valence-corrected chi connectivity index (χ0v) is 15.4. The zero-order chi connectivity index (χ0) is 18.9. The summed E-state index contributed by atoms with van der Waals surface area (Å²) in [5, 5.41) is 5.16. The van der Waals surface area contributed by atoms with Crippen molar-refractivity contribution in [3.8, 4) is 0 Å². The van der Waals surface area contributed by atoms with Crippen LogP contribution in [0.15, 0.2) is 61.1 Å². The number of anilines is 2. The molecule has 1 saturated heterocycles. The summed E-state index contributed by atoms with van der Waals surface area (Å²) in [4.78, 5) is 27.0. The Balaban J connectivity index is 1.25. The van der Waals surface area contributed by atoms with Crippen molar-refractivity contribution in [3.05, 3.63) is 61.1 Å². The van der Waals surface area contributed by atoms with Gasteiger partial charge in [0.25, 0.3) is 0 Å². The number of hydrogen-bond donors (Lipinski definition) is 2. The lowest BCUT2D eigenvalue weighted by Crippen LogP contribution is -2.38. The summed E-state index contributed by atoms with van der Waals surface area (Å²) >= 11 is 0. The molecule has 0 bridgehead atoms. The molecule has 6 nitrogen and oxygen atoms in total. The van der Waals surface area contributed by atoms with E-state index in [4.69, 9.17) is 0 Å². The first kappa shape index (κ1) is 16.7. The van der Waals surface area contributed by atoms with E-state index < -0.39 is 0 Å². The van der Waals surface area contributed by atoms with Crippen molar-refractivity contribution in [1.82, 2.24) is 15.0 Å². The Hall–Kier alpha value is -3.41. The molecule has 0 radical (unpaired) electrons. The molecule has 1 aliphatic heterocycles. The molecule has 4 heterocycles. The van der Waals surface area contributed by atoms with Gasteiger partial charge in [0.05, 0.1) is 23.1 Å². The van der Waals surface area contributed by atoms with Gasteiger partial charge in [-0.1, -0.05) is 18.2 Å². The molecule has 1 aliphatic rings. The number of piperidine rings is 1. The molecule has 6 heteroatoms. The number of carbonyl (C=O) groups excluding carboxylic acids is 1. The number of carbonyl (C=O) groups is 1. The van der Waals surface area contributed by atoms with Crippen LogP contribution in [0.3, 0.4) is 0 Å². The normalized spacial score (nSPS) is 15.2. The third-order valence-corrected chi connectivity index (χ3v) is 5.52. The maximum atomic E-state index is 12.8. The standard InChI is InChI=1S/C22H21N5O/c28-22(26-20-14-25-21-18(20)5-3-9-23-21)15-7-10-27(11-8-15)17-12-16-4-1-2-6-19(16)24-13-17/h1-6,9,12-15H,7-8,10-11H2,(H,23,25)(H,26,28). The van der Waals surface area contributed by atoms with Gasteiger partial charge in [-0.05, 0) is 37.1 Å². The smallest absolute Gasteiger partial charge is 0.227 e. The number of benzene rings is 1. The van der Waals surface area contributed by atoms with Gasteiger partial charge in [0.1, 0.15) is 5.65 Å². The van der Waals surface area contributed by atoms with Crippen LogP contribution in [0.5, 0.6) is 0 Å². The van der Waals surface area contributed by atoms with Crippen LogP contribution in [-0.4, -0.2) is 33.9 Å². The first-order valence-corrected chi connectivity index (χ1v) is 9.61. The van der Waals surface area contributed by atoms with E-state index in [0.717, 1.165) is 59.2 Å². The minimum absolute atomic E-state index is 0.0197. The van der Waals surface area contributed by atoms with Crippen LogP contribution >= 0.6 is 0 Å². The SMILES string of the molecule is O=C(Nc1c[nH]c2ncccc12)C1CCN(c2cnc3ccccc3c2)CC1. The molecule has 1 amide bonds. The van der Waals surface area contributed by atoms with Gasteiger partial charge in [-0.3, -0.25) is 9.78 Å². The quantitative estimate of drug-likeness (QED) is 0.572. The van der Waals surface area contributed by atoms with E-state index in [9.17, 15) is 4.79 Å². The van der Waals surface area contributed by atoms with Gasteiger partial charge < -0.3 is 15.2 Å². The van der Waals surface area contributed by atoms with Crippen molar-refractivity contribution in [2.45, 2.75) is 12.8 Å². The van der Waals surface area contributed by atoms with Crippen LogP contribution in [0, 0.1) is 5.92 Å². The highest BCUT2D eigenvalue weighted by molar-refractivity contribution is 6.01. The molecule has 1 fully saturated rings. The Labute approximate surface area is 162 Å². The van der Waals surface area contributed by atoms with Crippen LogP contribution in [0.2, 0.25) is 0 Å². The van der Waals surface area contributed by atoms with Crippen LogP contribution < -0.4 is 10.2 Å². The first-order valence-electron chi connectivity index (χ1n) is 9.61. The fourth-order valence-electron chi connectivity index (χ4n) is 3.93. The highest BCUT2D eigenvalue weighted by atomic mass is 16.1. The van der Waals surface area contributed by atoms with Gasteiger partial charge in [-0.15, -0.1) is 0 Å². The zero-order valence-electron chi connectivity index (χ0n) is 15.4. The van der Waals surface area contributed by atoms with Gasteiger partial charge in [0.2, 0.25) is 5.91 Å². The molecule has 140 valence electrons. The number of nitrogens with zero attached hydrogens (tertiary/aromatic N) is 3. The lowest BCUT2D eigenvalue weighted by atomic mass is 9.95. The minimum Gasteiger partial charge on any atom is -0.370 e. The Bertz CT molecular complexity index is 1140. The van der Waals surface area contributed by atoms with Crippen molar-refractivity contribution in [2.75, 3.05) is 23.3 Å². The van der Waals surface area contributed by atoms with Gasteiger partial charge in [0, 0.05) is 42.2 Å². The number of aromatic amines is 1. The predicted molar refractivity (Wildman–Crippen MR) is 111 cm³/mol. The molecular weight excluding hydrogens is 350 g/mol. The third-order valence-electron chi connectivity index (χ3n) is 5.52. The summed E-state index contributed by atoms with van der Waals surface area (Å²) in [6.45, 7) is 1.71. The number of H-pyrrole nitrogens is 1. The maximum absolute atomic E-state index is 12.8. The van der Waals surface area contributed by atoms with Gasteiger partial charge in [-0.25, -0.2) is 4.98 Å². The van der Waals surface area contributed by atoms with E-state index >= 15 is 0 Å². The monoisotopic (exact) mass is 371 g/mol. The van der Waals surface area contributed by atoms with Gasteiger partial charge >= 0.3 is 0 Å². The Morgan fingerprint density at radius 2 is 1.96 bits per heavy atom. The number of aromatic nitrogens is 3. The average Bonchev–Trinajstić information content (AvgIpc) is 3.16. The number of rotatable bonds is 3. The number of nitrogens with one attached hydrogen (secondary N) is 2.